The molecular formula is C15H22N2O. The first-order valence-corrected chi connectivity index (χ1v) is 7.10. The first kappa shape index (κ1) is 13.1. The summed E-state index contributed by atoms with van der Waals surface area (Å²) in [5.74, 6) is 1.29. The van der Waals surface area contributed by atoms with Crippen molar-refractivity contribution in [3.05, 3.63) is 12.2 Å². The van der Waals surface area contributed by atoms with Crippen LogP contribution >= 0.6 is 0 Å². The number of hydrogen-bond donors (Lipinski definition) is 0. The minimum absolute atomic E-state index is 0.0827. The Bertz CT molecular complexity index is 363. The van der Waals surface area contributed by atoms with Gasteiger partial charge in [0.25, 0.3) is 5.91 Å². The second-order valence-electron chi connectivity index (χ2n) is 5.64. The lowest BCUT2D eigenvalue weighted by Crippen LogP contribution is -2.42. The molecule has 98 valence electrons. The number of piperidine rings is 1. The number of likely N-dealkylation sites (tertiary alicyclic amines) is 1. The maximum Gasteiger partial charge on any atom is 0.263 e. The smallest absolute Gasteiger partial charge is 0.263 e. The van der Waals surface area contributed by atoms with Gasteiger partial charge in [-0.05, 0) is 24.7 Å². The average molecular weight is 246 g/mol. The van der Waals surface area contributed by atoms with Gasteiger partial charge in [-0.2, -0.15) is 5.26 Å². The Balaban J connectivity index is 1.93. The Labute approximate surface area is 109 Å². The summed E-state index contributed by atoms with van der Waals surface area (Å²) < 4.78 is 0. The Kier molecular flexibility index (Phi) is 4.41. The number of carbonyl (C=O) groups is 1. The third kappa shape index (κ3) is 2.93. The van der Waals surface area contributed by atoms with E-state index in [0.717, 1.165) is 25.4 Å². The van der Waals surface area contributed by atoms with E-state index < -0.39 is 0 Å². The average Bonchev–Trinajstić information content (AvgIpc) is 2.46. The molecule has 0 spiro atoms. The Morgan fingerprint density at radius 1 is 1.11 bits per heavy atom. The van der Waals surface area contributed by atoms with Gasteiger partial charge >= 0.3 is 0 Å². The lowest BCUT2D eigenvalue weighted by atomic mass is 9.76. The van der Waals surface area contributed by atoms with Crippen LogP contribution in [-0.4, -0.2) is 23.9 Å². The van der Waals surface area contributed by atoms with Crippen LogP contribution in [0, 0.1) is 23.2 Å². The fourth-order valence-corrected chi connectivity index (χ4v) is 3.42. The van der Waals surface area contributed by atoms with Gasteiger partial charge in [-0.15, -0.1) is 0 Å². The molecule has 1 unspecified atom stereocenters. The molecule has 2 rings (SSSR count). The zero-order valence-electron chi connectivity index (χ0n) is 11.0. The third-order valence-electron chi connectivity index (χ3n) is 4.45. The van der Waals surface area contributed by atoms with Gasteiger partial charge in [-0.1, -0.05) is 38.7 Å². The monoisotopic (exact) mass is 246 g/mol. The zero-order chi connectivity index (χ0) is 13.0. The quantitative estimate of drug-likeness (QED) is 0.555. The lowest BCUT2D eigenvalue weighted by Gasteiger charge is -2.38. The minimum atomic E-state index is -0.155. The number of nitrogens with zero attached hydrogens (tertiary/aromatic N) is 2. The summed E-state index contributed by atoms with van der Waals surface area (Å²) in [7, 11) is 0. The van der Waals surface area contributed by atoms with E-state index in [-0.39, 0.29) is 11.5 Å². The predicted molar refractivity (Wildman–Crippen MR) is 70.6 cm³/mol. The molecule has 1 saturated heterocycles. The summed E-state index contributed by atoms with van der Waals surface area (Å²) in [4.78, 5) is 13.8. The number of amides is 1. The van der Waals surface area contributed by atoms with Crippen molar-refractivity contribution in [3.63, 3.8) is 0 Å². The summed E-state index contributed by atoms with van der Waals surface area (Å²) in [5.41, 5.74) is 0.0827. The molecular weight excluding hydrogens is 224 g/mol. The van der Waals surface area contributed by atoms with Gasteiger partial charge in [-0.3, -0.25) is 4.79 Å². The number of carbonyl (C=O) groups excluding carboxylic acids is 1. The molecule has 0 aromatic heterocycles. The van der Waals surface area contributed by atoms with Crippen molar-refractivity contribution >= 4 is 5.91 Å². The van der Waals surface area contributed by atoms with Crippen molar-refractivity contribution in [1.82, 2.24) is 4.90 Å². The maximum absolute atomic E-state index is 12.0. The van der Waals surface area contributed by atoms with Crippen LogP contribution in [0.1, 0.15) is 44.9 Å². The normalized spacial score (nSPS) is 25.5. The van der Waals surface area contributed by atoms with Gasteiger partial charge in [0.2, 0.25) is 0 Å². The van der Waals surface area contributed by atoms with Crippen LogP contribution in [0.2, 0.25) is 0 Å². The highest BCUT2D eigenvalue weighted by Gasteiger charge is 2.30. The second kappa shape index (κ2) is 6.04. The van der Waals surface area contributed by atoms with Crippen molar-refractivity contribution in [2.75, 3.05) is 13.1 Å². The van der Waals surface area contributed by atoms with Gasteiger partial charge in [0, 0.05) is 13.1 Å². The van der Waals surface area contributed by atoms with Gasteiger partial charge in [0.05, 0.1) is 0 Å². The van der Waals surface area contributed by atoms with Crippen molar-refractivity contribution < 1.29 is 4.79 Å². The zero-order valence-corrected chi connectivity index (χ0v) is 11.0. The molecule has 3 heteroatoms. The summed E-state index contributed by atoms with van der Waals surface area (Å²) in [6.45, 7) is 5.17. The largest absolute Gasteiger partial charge is 0.338 e. The molecule has 1 atom stereocenters. The Morgan fingerprint density at radius 2 is 1.78 bits per heavy atom. The van der Waals surface area contributed by atoms with Crippen LogP contribution in [0.4, 0.5) is 0 Å². The van der Waals surface area contributed by atoms with Crippen molar-refractivity contribution in [1.29, 1.82) is 5.26 Å². The SMILES string of the molecule is C=C(C#N)C(=O)N1CCCC(C2CCCCC2)C1. The van der Waals surface area contributed by atoms with Gasteiger partial charge in [0.15, 0.2) is 0 Å². The van der Waals surface area contributed by atoms with E-state index in [1.807, 2.05) is 11.0 Å². The van der Waals surface area contributed by atoms with Crippen LogP contribution in [0.5, 0.6) is 0 Å². The van der Waals surface area contributed by atoms with E-state index in [2.05, 4.69) is 6.58 Å². The summed E-state index contributed by atoms with van der Waals surface area (Å²) >= 11 is 0. The molecule has 18 heavy (non-hydrogen) atoms. The number of hydrogen-bond acceptors (Lipinski definition) is 2. The number of rotatable bonds is 2. The third-order valence-corrected chi connectivity index (χ3v) is 4.45. The van der Waals surface area contributed by atoms with Crippen molar-refractivity contribution in [3.8, 4) is 6.07 Å². The molecule has 0 aromatic rings. The molecule has 1 aliphatic carbocycles. The van der Waals surface area contributed by atoms with E-state index >= 15 is 0 Å². The molecule has 0 aromatic carbocycles. The molecule has 1 heterocycles. The predicted octanol–water partition coefficient (Wildman–Crippen LogP) is 2.89. The van der Waals surface area contributed by atoms with Crippen molar-refractivity contribution in [2.45, 2.75) is 44.9 Å². The summed E-state index contributed by atoms with van der Waals surface area (Å²) in [5, 5.41) is 8.75. The van der Waals surface area contributed by atoms with Crippen LogP contribution < -0.4 is 0 Å². The van der Waals surface area contributed by atoms with E-state index in [9.17, 15) is 4.79 Å². The van der Waals surface area contributed by atoms with E-state index in [1.165, 1.54) is 38.5 Å². The van der Waals surface area contributed by atoms with Gasteiger partial charge in [-0.25, -0.2) is 0 Å². The fraction of sp³-hybridized carbons (Fsp3) is 0.733. The maximum atomic E-state index is 12.0. The van der Waals surface area contributed by atoms with Crippen LogP contribution in [0.3, 0.4) is 0 Å². The Morgan fingerprint density at radius 3 is 2.44 bits per heavy atom. The highest BCUT2D eigenvalue weighted by molar-refractivity contribution is 5.96. The summed E-state index contributed by atoms with van der Waals surface area (Å²) in [6.07, 6.45) is 9.04. The van der Waals surface area contributed by atoms with E-state index in [4.69, 9.17) is 5.26 Å². The lowest BCUT2D eigenvalue weighted by molar-refractivity contribution is -0.129. The first-order valence-electron chi connectivity index (χ1n) is 7.10. The van der Waals surface area contributed by atoms with E-state index in [1.54, 1.807) is 0 Å². The highest BCUT2D eigenvalue weighted by atomic mass is 16.2. The molecule has 3 nitrogen and oxygen atoms in total. The molecule has 0 radical (unpaired) electrons. The van der Waals surface area contributed by atoms with Gasteiger partial charge < -0.3 is 4.90 Å². The topological polar surface area (TPSA) is 44.1 Å². The molecule has 2 aliphatic rings. The molecule has 1 aliphatic heterocycles. The minimum Gasteiger partial charge on any atom is -0.338 e. The molecule has 1 saturated carbocycles. The second-order valence-corrected chi connectivity index (χ2v) is 5.64. The molecule has 1 amide bonds. The standard InChI is InChI=1S/C15H22N2O/c1-12(10-16)15(18)17-9-5-8-14(11-17)13-6-3-2-4-7-13/h13-14H,1-9,11H2. The van der Waals surface area contributed by atoms with Crippen LogP contribution in [0.15, 0.2) is 12.2 Å². The number of nitriles is 1. The molecule has 2 fully saturated rings. The van der Waals surface area contributed by atoms with Crippen molar-refractivity contribution in [2.24, 2.45) is 11.8 Å². The van der Waals surface area contributed by atoms with Gasteiger partial charge in [0.1, 0.15) is 11.6 Å². The first-order chi connectivity index (χ1) is 8.72. The highest BCUT2D eigenvalue weighted by Crippen LogP contribution is 2.34. The Hall–Kier alpha value is -1.30. The van der Waals surface area contributed by atoms with Crippen LogP contribution in [-0.2, 0) is 4.79 Å². The van der Waals surface area contributed by atoms with E-state index in [0.29, 0.717) is 5.92 Å². The fourth-order valence-electron chi connectivity index (χ4n) is 3.42. The summed E-state index contributed by atoms with van der Waals surface area (Å²) in [6, 6.07) is 1.87. The molecule has 0 bridgehead atoms. The van der Waals surface area contributed by atoms with Crippen LogP contribution in [0.25, 0.3) is 0 Å². The molecule has 0 N–H and O–H groups in total.